The topological polar surface area (TPSA) is 61.4 Å². The van der Waals surface area contributed by atoms with Crippen LogP contribution in [-0.4, -0.2) is 42.5 Å². The fraction of sp³-hybridized carbons (Fsp3) is 0.833. The van der Waals surface area contributed by atoms with Crippen LogP contribution >= 0.6 is 0 Å². The summed E-state index contributed by atoms with van der Waals surface area (Å²) >= 11 is 0. The molecule has 0 unspecified atom stereocenters. The molecule has 2 rings (SSSR count). The van der Waals surface area contributed by atoms with Crippen molar-refractivity contribution in [3.8, 4) is 0 Å². The minimum Gasteiger partial charge on any atom is -0.339 e. The molecule has 5 heteroatoms. The standard InChI is InChI=1S/C12H21N3O2/c1-9(16)15-7-11(8-15)14-12(17)13-6-10-4-2-3-5-10/h10-11H,2-8H2,1H3,(H2,13,14,17). The Kier molecular flexibility index (Phi) is 3.86. The number of amides is 3. The number of carbonyl (C=O) groups is 2. The summed E-state index contributed by atoms with van der Waals surface area (Å²) in [6.45, 7) is 3.63. The Balaban J connectivity index is 1.57. The van der Waals surface area contributed by atoms with E-state index in [1.165, 1.54) is 25.7 Å². The van der Waals surface area contributed by atoms with Crippen LogP contribution in [0.2, 0.25) is 0 Å². The van der Waals surface area contributed by atoms with E-state index in [-0.39, 0.29) is 18.0 Å². The second-order valence-electron chi connectivity index (χ2n) is 5.13. The minimum absolute atomic E-state index is 0.0782. The van der Waals surface area contributed by atoms with Gasteiger partial charge in [-0.25, -0.2) is 4.79 Å². The zero-order chi connectivity index (χ0) is 12.3. The smallest absolute Gasteiger partial charge is 0.315 e. The monoisotopic (exact) mass is 239 g/mol. The van der Waals surface area contributed by atoms with Crippen molar-refractivity contribution in [1.29, 1.82) is 0 Å². The lowest BCUT2D eigenvalue weighted by Gasteiger charge is -2.38. The lowest BCUT2D eigenvalue weighted by Crippen LogP contribution is -2.61. The van der Waals surface area contributed by atoms with Crippen LogP contribution in [0.25, 0.3) is 0 Å². The van der Waals surface area contributed by atoms with Crippen molar-refractivity contribution in [3.05, 3.63) is 0 Å². The van der Waals surface area contributed by atoms with Crippen molar-refractivity contribution in [2.45, 2.75) is 38.6 Å². The fourth-order valence-electron chi connectivity index (χ4n) is 2.51. The molecule has 1 saturated carbocycles. The van der Waals surface area contributed by atoms with E-state index in [4.69, 9.17) is 0 Å². The Bertz CT molecular complexity index is 294. The molecule has 1 aliphatic heterocycles. The third-order valence-corrected chi connectivity index (χ3v) is 3.69. The highest BCUT2D eigenvalue weighted by Crippen LogP contribution is 2.23. The highest BCUT2D eigenvalue weighted by Gasteiger charge is 2.29. The fourth-order valence-corrected chi connectivity index (χ4v) is 2.51. The number of hydrogen-bond acceptors (Lipinski definition) is 2. The first-order chi connectivity index (χ1) is 8.15. The molecule has 0 atom stereocenters. The second kappa shape index (κ2) is 5.38. The number of likely N-dealkylation sites (tertiary alicyclic amines) is 1. The zero-order valence-electron chi connectivity index (χ0n) is 10.4. The van der Waals surface area contributed by atoms with Gasteiger partial charge in [-0.15, -0.1) is 0 Å². The molecule has 0 spiro atoms. The van der Waals surface area contributed by atoms with Crippen molar-refractivity contribution in [1.82, 2.24) is 15.5 Å². The highest BCUT2D eigenvalue weighted by atomic mass is 16.2. The van der Waals surface area contributed by atoms with Crippen LogP contribution < -0.4 is 10.6 Å². The van der Waals surface area contributed by atoms with Gasteiger partial charge >= 0.3 is 6.03 Å². The maximum atomic E-state index is 11.6. The number of nitrogens with one attached hydrogen (secondary N) is 2. The molecule has 96 valence electrons. The Morgan fingerprint density at radius 1 is 1.24 bits per heavy atom. The quantitative estimate of drug-likeness (QED) is 0.762. The molecule has 1 heterocycles. The van der Waals surface area contributed by atoms with E-state index in [9.17, 15) is 9.59 Å². The van der Waals surface area contributed by atoms with Gasteiger partial charge in [0.25, 0.3) is 0 Å². The molecular weight excluding hydrogens is 218 g/mol. The third kappa shape index (κ3) is 3.35. The van der Waals surface area contributed by atoms with E-state index in [1.54, 1.807) is 11.8 Å². The van der Waals surface area contributed by atoms with Gasteiger partial charge in [0.05, 0.1) is 6.04 Å². The molecule has 1 aliphatic carbocycles. The third-order valence-electron chi connectivity index (χ3n) is 3.69. The second-order valence-corrected chi connectivity index (χ2v) is 5.13. The highest BCUT2D eigenvalue weighted by molar-refractivity contribution is 5.76. The van der Waals surface area contributed by atoms with Crippen LogP contribution in [0.4, 0.5) is 4.79 Å². The molecule has 0 bridgehead atoms. The van der Waals surface area contributed by atoms with Gasteiger partial charge < -0.3 is 15.5 Å². The van der Waals surface area contributed by atoms with Gasteiger partial charge in [-0.05, 0) is 18.8 Å². The predicted octanol–water partition coefficient (Wildman–Crippen LogP) is 0.706. The Morgan fingerprint density at radius 3 is 2.47 bits per heavy atom. The van der Waals surface area contributed by atoms with Crippen molar-refractivity contribution >= 4 is 11.9 Å². The Labute approximate surface area is 102 Å². The number of carbonyl (C=O) groups excluding carboxylic acids is 2. The summed E-state index contributed by atoms with van der Waals surface area (Å²) in [5.41, 5.74) is 0. The largest absolute Gasteiger partial charge is 0.339 e. The molecule has 0 aromatic rings. The zero-order valence-corrected chi connectivity index (χ0v) is 10.4. The molecule has 2 N–H and O–H groups in total. The number of rotatable bonds is 3. The summed E-state index contributed by atoms with van der Waals surface area (Å²) < 4.78 is 0. The molecule has 0 aromatic heterocycles. The van der Waals surface area contributed by atoms with Crippen LogP contribution in [0.15, 0.2) is 0 Å². The van der Waals surface area contributed by atoms with E-state index >= 15 is 0 Å². The molecular formula is C12H21N3O2. The summed E-state index contributed by atoms with van der Waals surface area (Å²) in [6.07, 6.45) is 5.07. The molecule has 2 aliphatic rings. The van der Waals surface area contributed by atoms with E-state index < -0.39 is 0 Å². The molecule has 5 nitrogen and oxygen atoms in total. The van der Waals surface area contributed by atoms with Crippen LogP contribution in [0, 0.1) is 5.92 Å². The molecule has 3 amide bonds. The summed E-state index contributed by atoms with van der Waals surface area (Å²) in [7, 11) is 0. The minimum atomic E-state index is -0.0925. The van der Waals surface area contributed by atoms with Gasteiger partial charge in [0.1, 0.15) is 0 Å². The van der Waals surface area contributed by atoms with Crippen LogP contribution in [-0.2, 0) is 4.79 Å². The van der Waals surface area contributed by atoms with Crippen LogP contribution in [0.5, 0.6) is 0 Å². The van der Waals surface area contributed by atoms with Crippen molar-refractivity contribution < 1.29 is 9.59 Å². The molecule has 0 radical (unpaired) electrons. The molecule has 2 fully saturated rings. The molecule has 17 heavy (non-hydrogen) atoms. The van der Waals surface area contributed by atoms with E-state index in [2.05, 4.69) is 10.6 Å². The first-order valence-electron chi connectivity index (χ1n) is 6.45. The van der Waals surface area contributed by atoms with Crippen LogP contribution in [0.1, 0.15) is 32.6 Å². The average molecular weight is 239 g/mol. The summed E-state index contributed by atoms with van der Waals surface area (Å²) in [5.74, 6) is 0.741. The average Bonchev–Trinajstić information content (AvgIpc) is 2.72. The Hall–Kier alpha value is -1.26. The predicted molar refractivity (Wildman–Crippen MR) is 64.5 cm³/mol. The van der Waals surface area contributed by atoms with Gasteiger partial charge in [0.2, 0.25) is 5.91 Å². The lowest BCUT2D eigenvalue weighted by atomic mass is 10.1. The van der Waals surface area contributed by atoms with E-state index in [0.29, 0.717) is 19.0 Å². The van der Waals surface area contributed by atoms with Gasteiger partial charge in [0, 0.05) is 26.6 Å². The van der Waals surface area contributed by atoms with E-state index in [1.807, 2.05) is 0 Å². The van der Waals surface area contributed by atoms with Gasteiger partial charge in [-0.1, -0.05) is 12.8 Å². The van der Waals surface area contributed by atoms with Crippen molar-refractivity contribution in [2.24, 2.45) is 5.92 Å². The summed E-state index contributed by atoms with van der Waals surface area (Å²) in [6, 6.07) is 0.0348. The molecule has 0 aromatic carbocycles. The van der Waals surface area contributed by atoms with Crippen LogP contribution in [0.3, 0.4) is 0 Å². The number of nitrogens with zero attached hydrogens (tertiary/aromatic N) is 1. The summed E-state index contributed by atoms with van der Waals surface area (Å²) in [4.78, 5) is 24.2. The van der Waals surface area contributed by atoms with Crippen molar-refractivity contribution in [3.63, 3.8) is 0 Å². The maximum absolute atomic E-state index is 11.6. The van der Waals surface area contributed by atoms with Crippen molar-refractivity contribution in [2.75, 3.05) is 19.6 Å². The van der Waals surface area contributed by atoms with E-state index in [0.717, 1.165) is 6.54 Å². The first-order valence-corrected chi connectivity index (χ1v) is 6.45. The Morgan fingerprint density at radius 2 is 1.88 bits per heavy atom. The molecule has 1 saturated heterocycles. The van der Waals surface area contributed by atoms with Gasteiger partial charge in [-0.2, -0.15) is 0 Å². The summed E-state index contributed by atoms with van der Waals surface area (Å²) in [5, 5.41) is 5.80. The lowest BCUT2D eigenvalue weighted by molar-refractivity contribution is -0.133. The van der Waals surface area contributed by atoms with Gasteiger partial charge in [-0.3, -0.25) is 4.79 Å². The number of hydrogen-bond donors (Lipinski definition) is 2. The SMILES string of the molecule is CC(=O)N1CC(NC(=O)NCC2CCCC2)C1. The maximum Gasteiger partial charge on any atom is 0.315 e. The number of urea groups is 1. The normalized spacial score (nSPS) is 21.1. The first kappa shape index (κ1) is 12.2. The van der Waals surface area contributed by atoms with Gasteiger partial charge in [0.15, 0.2) is 0 Å².